The van der Waals surface area contributed by atoms with Gasteiger partial charge in [0.05, 0.1) is 43.5 Å². The highest BCUT2D eigenvalue weighted by Crippen LogP contribution is 2.39. The first-order chi connectivity index (χ1) is 17.0. The average Bonchev–Trinajstić information content (AvgIpc) is 3.45. The summed E-state index contributed by atoms with van der Waals surface area (Å²) in [5, 5.41) is 10.0. The highest BCUT2D eigenvalue weighted by atomic mass is 32.2. The first kappa shape index (κ1) is 26.0. The molecule has 0 unspecified atom stereocenters. The second-order valence-corrected chi connectivity index (χ2v) is 10.6. The molecule has 0 aromatic heterocycles. The molecule has 1 aliphatic heterocycles. The van der Waals surface area contributed by atoms with E-state index in [1.165, 1.54) is 5.56 Å². The lowest BCUT2D eigenvalue weighted by Crippen LogP contribution is -2.39. The Kier molecular flexibility index (Phi) is 9.12. The second kappa shape index (κ2) is 12.3. The number of nitrogens with two attached hydrogens (primary N) is 1. The highest BCUT2D eigenvalue weighted by molar-refractivity contribution is 7.89. The van der Waals surface area contributed by atoms with Crippen LogP contribution < -0.4 is 15.2 Å². The fourth-order valence-electron chi connectivity index (χ4n) is 4.65. The van der Waals surface area contributed by atoms with Gasteiger partial charge in [0, 0.05) is 26.2 Å². The molecule has 0 radical (unpaired) electrons. The number of hydrogen-bond acceptors (Lipinski definition) is 8. The van der Waals surface area contributed by atoms with Crippen molar-refractivity contribution < 1.29 is 27.7 Å². The Morgan fingerprint density at radius 1 is 1.03 bits per heavy atom. The SMILES string of the molecule is NCCOCCOCCNS(=O)(=O)c1ccc(O[C@H]2c3ccccc3C[C@@H]2N2CC[C@@H](O)C2)cc1. The Labute approximate surface area is 207 Å². The Balaban J connectivity index is 1.34. The van der Waals surface area contributed by atoms with E-state index in [-0.39, 0.29) is 36.3 Å². The van der Waals surface area contributed by atoms with Gasteiger partial charge in [0.2, 0.25) is 10.0 Å². The third-order valence-corrected chi connectivity index (χ3v) is 7.85. The molecule has 0 spiro atoms. The number of aliphatic hydroxyl groups excluding tert-OH is 1. The van der Waals surface area contributed by atoms with Gasteiger partial charge in [-0.2, -0.15) is 0 Å². The molecule has 0 saturated carbocycles. The van der Waals surface area contributed by atoms with Gasteiger partial charge in [0.15, 0.2) is 0 Å². The molecule has 2 aromatic carbocycles. The van der Waals surface area contributed by atoms with Crippen molar-refractivity contribution in [1.29, 1.82) is 0 Å². The third kappa shape index (κ3) is 6.79. The van der Waals surface area contributed by atoms with Crippen molar-refractivity contribution in [3.63, 3.8) is 0 Å². The summed E-state index contributed by atoms with van der Waals surface area (Å²) in [6.45, 7) is 3.65. The average molecular weight is 506 g/mol. The van der Waals surface area contributed by atoms with Gasteiger partial charge < -0.3 is 25.1 Å². The van der Waals surface area contributed by atoms with Gasteiger partial charge in [0.25, 0.3) is 0 Å². The monoisotopic (exact) mass is 505 g/mol. The normalized spacial score (nSPS) is 22.4. The number of rotatable bonds is 13. The zero-order valence-corrected chi connectivity index (χ0v) is 20.7. The van der Waals surface area contributed by atoms with Gasteiger partial charge in [0.1, 0.15) is 11.9 Å². The van der Waals surface area contributed by atoms with Crippen LogP contribution in [0, 0.1) is 0 Å². The number of ether oxygens (including phenoxy) is 3. The predicted molar refractivity (Wildman–Crippen MR) is 132 cm³/mol. The molecule has 1 saturated heterocycles. The minimum absolute atomic E-state index is 0.135. The predicted octanol–water partition coefficient (Wildman–Crippen LogP) is 1.07. The summed E-state index contributed by atoms with van der Waals surface area (Å²) in [7, 11) is -3.65. The summed E-state index contributed by atoms with van der Waals surface area (Å²) in [6, 6.07) is 14.9. The number of aliphatic hydroxyl groups is 1. The number of likely N-dealkylation sites (tertiary alicyclic amines) is 1. The van der Waals surface area contributed by atoms with E-state index in [9.17, 15) is 13.5 Å². The summed E-state index contributed by atoms with van der Waals surface area (Å²) in [5.41, 5.74) is 7.73. The van der Waals surface area contributed by atoms with Gasteiger partial charge in [-0.15, -0.1) is 0 Å². The lowest BCUT2D eigenvalue weighted by molar-refractivity contribution is 0.0530. The summed E-state index contributed by atoms with van der Waals surface area (Å²) in [6.07, 6.45) is 1.16. The molecule has 1 fully saturated rings. The molecular formula is C25H35N3O6S. The van der Waals surface area contributed by atoms with Gasteiger partial charge in [-0.05, 0) is 48.2 Å². The van der Waals surface area contributed by atoms with Crippen LogP contribution >= 0.6 is 0 Å². The molecule has 3 atom stereocenters. The van der Waals surface area contributed by atoms with Gasteiger partial charge >= 0.3 is 0 Å². The number of nitrogens with zero attached hydrogens (tertiary/aromatic N) is 1. The molecular weight excluding hydrogens is 470 g/mol. The zero-order chi connectivity index (χ0) is 24.7. The van der Waals surface area contributed by atoms with Crippen molar-refractivity contribution in [1.82, 2.24) is 9.62 Å². The van der Waals surface area contributed by atoms with Crippen molar-refractivity contribution in [2.75, 3.05) is 52.6 Å². The number of fused-ring (bicyclic) bond motifs is 1. The number of sulfonamides is 1. The smallest absolute Gasteiger partial charge is 0.240 e. The van der Waals surface area contributed by atoms with Gasteiger partial charge in [-0.1, -0.05) is 24.3 Å². The van der Waals surface area contributed by atoms with E-state index in [0.29, 0.717) is 38.7 Å². The maximum absolute atomic E-state index is 12.6. The van der Waals surface area contributed by atoms with Crippen LogP contribution in [0.15, 0.2) is 53.4 Å². The molecule has 35 heavy (non-hydrogen) atoms. The quantitative estimate of drug-likeness (QED) is 0.346. The van der Waals surface area contributed by atoms with E-state index < -0.39 is 10.0 Å². The van der Waals surface area contributed by atoms with Crippen molar-refractivity contribution in [3.8, 4) is 5.75 Å². The Hall–Kier alpha value is -2.05. The highest BCUT2D eigenvalue weighted by Gasteiger charge is 2.40. The molecule has 2 aliphatic rings. The van der Waals surface area contributed by atoms with Gasteiger partial charge in [-0.25, -0.2) is 13.1 Å². The number of hydrogen-bond donors (Lipinski definition) is 3. The third-order valence-electron chi connectivity index (χ3n) is 6.37. The molecule has 10 heteroatoms. The van der Waals surface area contributed by atoms with Crippen molar-refractivity contribution in [3.05, 3.63) is 59.7 Å². The van der Waals surface area contributed by atoms with Crippen molar-refractivity contribution >= 4 is 10.0 Å². The fourth-order valence-corrected chi connectivity index (χ4v) is 5.66. The van der Waals surface area contributed by atoms with E-state index >= 15 is 0 Å². The fraction of sp³-hybridized carbons (Fsp3) is 0.520. The maximum Gasteiger partial charge on any atom is 0.240 e. The van der Waals surface area contributed by atoms with Crippen LogP contribution in [0.1, 0.15) is 23.7 Å². The second-order valence-electron chi connectivity index (χ2n) is 8.83. The molecule has 2 aromatic rings. The number of β-amino-alcohol motifs (C(OH)–C–C–N with tert-alkyl or cyclic N) is 1. The molecule has 4 N–H and O–H groups in total. The minimum atomic E-state index is -3.65. The lowest BCUT2D eigenvalue weighted by atomic mass is 10.1. The number of benzene rings is 2. The van der Waals surface area contributed by atoms with Crippen LogP contribution in [0.4, 0.5) is 0 Å². The zero-order valence-electron chi connectivity index (χ0n) is 19.8. The van der Waals surface area contributed by atoms with E-state index in [0.717, 1.165) is 24.9 Å². The Morgan fingerprint density at radius 3 is 2.49 bits per heavy atom. The standard InChI is InChI=1S/C25H35N3O6S/c26-10-13-32-15-16-33-14-11-27-35(30,31)22-7-5-21(6-8-22)34-25-23-4-2-1-3-19(23)17-24(25)28-12-9-20(29)18-28/h1-8,20,24-25,27,29H,9-18,26H2/t20-,24+,25+/m1/s1. The summed E-state index contributed by atoms with van der Waals surface area (Å²) < 4.78 is 44.7. The molecule has 0 amide bonds. The topological polar surface area (TPSA) is 123 Å². The van der Waals surface area contributed by atoms with Crippen molar-refractivity contribution in [2.24, 2.45) is 5.73 Å². The van der Waals surface area contributed by atoms with E-state index in [1.807, 2.05) is 12.1 Å². The minimum Gasteiger partial charge on any atom is -0.484 e. The van der Waals surface area contributed by atoms with Crippen molar-refractivity contribution in [2.45, 2.75) is 36.0 Å². The van der Waals surface area contributed by atoms with E-state index in [1.54, 1.807) is 24.3 Å². The molecule has 1 aliphatic carbocycles. The van der Waals surface area contributed by atoms with Crippen LogP contribution in [0.25, 0.3) is 0 Å². The lowest BCUT2D eigenvalue weighted by Gasteiger charge is -2.30. The molecule has 192 valence electrons. The Bertz CT molecular complexity index is 1050. The molecule has 9 nitrogen and oxygen atoms in total. The van der Waals surface area contributed by atoms with Crippen LogP contribution in [-0.2, 0) is 25.9 Å². The summed E-state index contributed by atoms with van der Waals surface area (Å²) in [4.78, 5) is 2.46. The molecule has 1 heterocycles. The van der Waals surface area contributed by atoms with Crippen LogP contribution in [0.2, 0.25) is 0 Å². The number of nitrogens with one attached hydrogen (secondary N) is 1. The van der Waals surface area contributed by atoms with Crippen LogP contribution in [0.3, 0.4) is 0 Å². The summed E-state index contributed by atoms with van der Waals surface area (Å²) >= 11 is 0. The molecule has 0 bridgehead atoms. The maximum atomic E-state index is 12.6. The van der Waals surface area contributed by atoms with Crippen LogP contribution in [-0.4, -0.2) is 83.2 Å². The first-order valence-corrected chi connectivity index (χ1v) is 13.6. The van der Waals surface area contributed by atoms with Gasteiger partial charge in [-0.3, -0.25) is 4.90 Å². The van der Waals surface area contributed by atoms with E-state index in [4.69, 9.17) is 19.9 Å². The largest absolute Gasteiger partial charge is 0.484 e. The first-order valence-electron chi connectivity index (χ1n) is 12.1. The molecule has 4 rings (SSSR count). The Morgan fingerprint density at radius 2 is 1.77 bits per heavy atom. The van der Waals surface area contributed by atoms with E-state index in [2.05, 4.69) is 21.8 Å². The summed E-state index contributed by atoms with van der Waals surface area (Å²) in [5.74, 6) is 0.608. The van der Waals surface area contributed by atoms with Crippen LogP contribution in [0.5, 0.6) is 5.75 Å².